The molecule has 2 atom stereocenters. The highest BCUT2D eigenvalue weighted by Crippen LogP contribution is 2.23. The molecule has 2 heteroatoms. The van der Waals surface area contributed by atoms with E-state index in [2.05, 4.69) is 34.6 Å². The third-order valence-electron chi connectivity index (χ3n) is 3.14. The summed E-state index contributed by atoms with van der Waals surface area (Å²) in [4.78, 5) is 0. The van der Waals surface area contributed by atoms with Crippen LogP contribution in [0.3, 0.4) is 0 Å². The minimum atomic E-state index is -0.0575. The fourth-order valence-corrected chi connectivity index (χ4v) is 1.67. The minimum Gasteiger partial charge on any atom is -0.396 e. The molecule has 0 aromatic heterocycles. The lowest BCUT2D eigenvalue weighted by Crippen LogP contribution is -2.32. The molecule has 0 heterocycles. The van der Waals surface area contributed by atoms with Crippen molar-refractivity contribution in [1.82, 2.24) is 0 Å². The van der Waals surface area contributed by atoms with Crippen molar-refractivity contribution in [2.75, 3.05) is 6.61 Å². The van der Waals surface area contributed by atoms with Gasteiger partial charge >= 0.3 is 0 Å². The Kier molecular flexibility index (Phi) is 7.20. The third kappa shape index (κ3) is 6.91. The summed E-state index contributed by atoms with van der Waals surface area (Å²) in [6, 6.07) is 0. The highest BCUT2D eigenvalue weighted by atomic mass is 16.5. The van der Waals surface area contributed by atoms with Crippen LogP contribution in [0.1, 0.15) is 60.3 Å². The van der Waals surface area contributed by atoms with Gasteiger partial charge in [0.15, 0.2) is 0 Å². The molecule has 15 heavy (non-hydrogen) atoms. The van der Waals surface area contributed by atoms with Crippen molar-refractivity contribution in [3.05, 3.63) is 0 Å². The molecule has 0 amide bonds. The summed E-state index contributed by atoms with van der Waals surface area (Å²) < 4.78 is 6.06. The fourth-order valence-electron chi connectivity index (χ4n) is 1.67. The second-order valence-corrected chi connectivity index (χ2v) is 5.15. The summed E-state index contributed by atoms with van der Waals surface area (Å²) in [6.45, 7) is 11.2. The van der Waals surface area contributed by atoms with Gasteiger partial charge < -0.3 is 9.84 Å². The van der Waals surface area contributed by atoms with E-state index in [0.717, 1.165) is 25.7 Å². The fraction of sp³-hybridized carbons (Fsp3) is 1.00. The predicted octanol–water partition coefficient (Wildman–Crippen LogP) is 3.38. The maximum atomic E-state index is 8.73. The van der Waals surface area contributed by atoms with Crippen molar-refractivity contribution in [2.24, 2.45) is 5.92 Å². The molecular weight excluding hydrogens is 188 g/mol. The van der Waals surface area contributed by atoms with Crippen LogP contribution in [0.2, 0.25) is 0 Å². The maximum absolute atomic E-state index is 8.73. The van der Waals surface area contributed by atoms with Crippen LogP contribution in [0.4, 0.5) is 0 Å². The highest BCUT2D eigenvalue weighted by Gasteiger charge is 2.23. The summed E-state index contributed by atoms with van der Waals surface area (Å²) in [6.07, 6.45) is 4.42. The van der Waals surface area contributed by atoms with Crippen molar-refractivity contribution < 1.29 is 9.84 Å². The van der Waals surface area contributed by atoms with Crippen LogP contribution in [-0.4, -0.2) is 23.4 Å². The molecule has 2 nitrogen and oxygen atoms in total. The Labute approximate surface area is 95.0 Å². The van der Waals surface area contributed by atoms with Crippen LogP contribution in [0.5, 0.6) is 0 Å². The summed E-state index contributed by atoms with van der Waals surface area (Å²) in [5.41, 5.74) is -0.0575. The molecule has 0 fully saturated rings. The van der Waals surface area contributed by atoms with Gasteiger partial charge in [0.2, 0.25) is 0 Å². The second-order valence-electron chi connectivity index (χ2n) is 5.15. The Morgan fingerprint density at radius 1 is 1.20 bits per heavy atom. The van der Waals surface area contributed by atoms with Crippen LogP contribution in [-0.2, 0) is 4.74 Å². The number of unbranched alkanes of at least 4 members (excludes halogenated alkanes) is 1. The summed E-state index contributed by atoms with van der Waals surface area (Å²) >= 11 is 0. The lowest BCUT2D eigenvalue weighted by Gasteiger charge is -2.32. The predicted molar refractivity (Wildman–Crippen MR) is 65.0 cm³/mol. The zero-order chi connectivity index (χ0) is 11.9. The first-order chi connectivity index (χ1) is 6.93. The van der Waals surface area contributed by atoms with E-state index in [1.54, 1.807) is 0 Å². The van der Waals surface area contributed by atoms with E-state index in [-0.39, 0.29) is 12.2 Å². The van der Waals surface area contributed by atoms with Crippen molar-refractivity contribution in [2.45, 2.75) is 72.0 Å². The molecule has 1 unspecified atom stereocenters. The first-order valence-electron chi connectivity index (χ1n) is 6.21. The van der Waals surface area contributed by atoms with Crippen LogP contribution in [0.25, 0.3) is 0 Å². The molecule has 0 radical (unpaired) electrons. The number of hydrogen-bond acceptors (Lipinski definition) is 2. The van der Waals surface area contributed by atoms with E-state index in [1.807, 2.05) is 0 Å². The zero-order valence-corrected chi connectivity index (χ0v) is 11.0. The molecule has 0 aliphatic carbocycles. The normalized spacial score (nSPS) is 16.4. The van der Waals surface area contributed by atoms with Crippen molar-refractivity contribution in [1.29, 1.82) is 0 Å². The average Bonchev–Trinajstić information content (AvgIpc) is 2.16. The molecule has 0 rings (SSSR count). The summed E-state index contributed by atoms with van der Waals surface area (Å²) in [5, 5.41) is 8.73. The quantitative estimate of drug-likeness (QED) is 0.630. The van der Waals surface area contributed by atoms with E-state index in [1.165, 1.54) is 0 Å². The van der Waals surface area contributed by atoms with Gasteiger partial charge in [0.25, 0.3) is 0 Å². The Hall–Kier alpha value is -0.0800. The van der Waals surface area contributed by atoms with Crippen molar-refractivity contribution >= 4 is 0 Å². The summed E-state index contributed by atoms with van der Waals surface area (Å²) in [5.74, 6) is 0.613. The molecular formula is C13H28O2. The highest BCUT2D eigenvalue weighted by molar-refractivity contribution is 4.72. The number of rotatable bonds is 8. The Morgan fingerprint density at radius 2 is 1.80 bits per heavy atom. The first-order valence-corrected chi connectivity index (χ1v) is 6.21. The van der Waals surface area contributed by atoms with Gasteiger partial charge in [0, 0.05) is 6.61 Å². The largest absolute Gasteiger partial charge is 0.396 e. The second kappa shape index (κ2) is 7.24. The van der Waals surface area contributed by atoms with Gasteiger partial charge in [-0.15, -0.1) is 0 Å². The third-order valence-corrected chi connectivity index (χ3v) is 3.14. The van der Waals surface area contributed by atoms with Crippen molar-refractivity contribution in [3.8, 4) is 0 Å². The molecule has 0 aromatic carbocycles. The van der Waals surface area contributed by atoms with Crippen LogP contribution >= 0.6 is 0 Å². The average molecular weight is 216 g/mol. The lowest BCUT2D eigenvalue weighted by atomic mass is 9.98. The maximum Gasteiger partial charge on any atom is 0.0630 e. The topological polar surface area (TPSA) is 29.5 Å². The lowest BCUT2D eigenvalue weighted by molar-refractivity contribution is -0.0896. The van der Waals surface area contributed by atoms with E-state index < -0.39 is 0 Å². The van der Waals surface area contributed by atoms with E-state index in [4.69, 9.17) is 9.84 Å². The molecule has 0 spiro atoms. The zero-order valence-electron chi connectivity index (χ0n) is 11.0. The molecule has 0 saturated heterocycles. The van der Waals surface area contributed by atoms with Gasteiger partial charge in [-0.3, -0.25) is 0 Å². The molecule has 0 aliphatic rings. The number of ether oxygens (including phenoxy) is 1. The molecule has 92 valence electrons. The van der Waals surface area contributed by atoms with Crippen LogP contribution in [0.15, 0.2) is 0 Å². The minimum absolute atomic E-state index is 0.0575. The molecule has 0 bridgehead atoms. The summed E-state index contributed by atoms with van der Waals surface area (Å²) in [7, 11) is 0. The molecule has 1 N–H and O–H groups in total. The van der Waals surface area contributed by atoms with Gasteiger partial charge in [-0.2, -0.15) is 0 Å². The Bertz CT molecular complexity index is 155. The van der Waals surface area contributed by atoms with Crippen molar-refractivity contribution in [3.63, 3.8) is 0 Å². The van der Waals surface area contributed by atoms with E-state index in [0.29, 0.717) is 12.0 Å². The van der Waals surface area contributed by atoms with Gasteiger partial charge in [-0.05, 0) is 46.0 Å². The monoisotopic (exact) mass is 216 g/mol. The Balaban J connectivity index is 3.89. The first kappa shape index (κ1) is 14.9. The van der Waals surface area contributed by atoms with E-state index in [9.17, 15) is 0 Å². The number of aliphatic hydroxyl groups excluding tert-OH is 1. The van der Waals surface area contributed by atoms with Crippen LogP contribution in [0, 0.1) is 5.92 Å². The van der Waals surface area contributed by atoms with Gasteiger partial charge in [0.05, 0.1) is 11.7 Å². The van der Waals surface area contributed by atoms with E-state index >= 15 is 0 Å². The molecule has 0 saturated carbocycles. The number of hydrogen-bond donors (Lipinski definition) is 1. The smallest absolute Gasteiger partial charge is 0.0630 e. The standard InChI is InChI=1S/C13H28O2/c1-6-11(2)12(3)15-13(4,5)9-7-8-10-14/h11-12,14H,6-10H2,1-5H3/t11-,12?/m1/s1. The number of aliphatic hydroxyl groups is 1. The molecule has 0 aliphatic heterocycles. The molecule has 0 aromatic rings. The Morgan fingerprint density at radius 3 is 2.27 bits per heavy atom. The van der Waals surface area contributed by atoms with Gasteiger partial charge in [0.1, 0.15) is 0 Å². The van der Waals surface area contributed by atoms with Gasteiger partial charge in [-0.1, -0.05) is 20.3 Å². The SMILES string of the molecule is CC[C@@H](C)C(C)OC(C)(C)CCCCO. The van der Waals surface area contributed by atoms with Crippen LogP contribution < -0.4 is 0 Å². The van der Waals surface area contributed by atoms with Gasteiger partial charge in [-0.25, -0.2) is 0 Å².